The number of allylic oxidation sites excluding steroid dienone is 1. The molecule has 0 radical (unpaired) electrons. The zero-order valence-electron chi connectivity index (χ0n) is 13.4. The quantitative estimate of drug-likeness (QED) is 0.921. The minimum absolute atomic E-state index is 0.180. The fraction of sp³-hybridized carbons (Fsp3) is 0.389. The van der Waals surface area contributed by atoms with Gasteiger partial charge in [-0.15, -0.1) is 0 Å². The first-order valence-electron chi connectivity index (χ1n) is 8.28. The highest BCUT2D eigenvalue weighted by molar-refractivity contribution is 5.89. The summed E-state index contributed by atoms with van der Waals surface area (Å²) in [7, 11) is 0. The highest BCUT2D eigenvalue weighted by Gasteiger charge is 2.30. The van der Waals surface area contributed by atoms with Crippen molar-refractivity contribution in [3.63, 3.8) is 0 Å². The van der Waals surface area contributed by atoms with Crippen molar-refractivity contribution in [3.8, 4) is 11.8 Å². The molecule has 1 saturated heterocycles. The third-order valence-corrected chi connectivity index (χ3v) is 4.62. The molecule has 1 fully saturated rings. The second kappa shape index (κ2) is 6.36. The monoisotopic (exact) mass is 321 g/mol. The van der Waals surface area contributed by atoms with E-state index in [9.17, 15) is 5.26 Å². The molecule has 1 aromatic heterocycles. The average molecular weight is 321 g/mol. The van der Waals surface area contributed by atoms with Crippen molar-refractivity contribution in [2.24, 2.45) is 4.99 Å². The maximum absolute atomic E-state index is 9.29. The summed E-state index contributed by atoms with van der Waals surface area (Å²) >= 11 is 0. The molecule has 4 rings (SSSR count). The van der Waals surface area contributed by atoms with Gasteiger partial charge >= 0.3 is 0 Å². The van der Waals surface area contributed by atoms with Crippen molar-refractivity contribution in [2.45, 2.75) is 31.4 Å². The van der Waals surface area contributed by atoms with E-state index in [1.807, 2.05) is 24.5 Å². The second-order valence-corrected chi connectivity index (χ2v) is 6.22. The lowest BCUT2D eigenvalue weighted by atomic mass is 9.96. The van der Waals surface area contributed by atoms with Crippen LogP contribution >= 0.6 is 0 Å². The molecule has 0 amide bonds. The Morgan fingerprint density at radius 2 is 2.21 bits per heavy atom. The van der Waals surface area contributed by atoms with Gasteiger partial charge in [0.25, 0.3) is 0 Å². The third kappa shape index (κ3) is 2.85. The number of nitriles is 1. The van der Waals surface area contributed by atoms with E-state index in [1.165, 1.54) is 0 Å². The smallest absolute Gasteiger partial charge is 0.137 e. The van der Waals surface area contributed by atoms with Crippen LogP contribution in [0.2, 0.25) is 0 Å². The van der Waals surface area contributed by atoms with Gasteiger partial charge in [0.2, 0.25) is 0 Å². The Balaban J connectivity index is 1.43. The van der Waals surface area contributed by atoms with Gasteiger partial charge < -0.3 is 15.0 Å². The molecule has 122 valence electrons. The van der Waals surface area contributed by atoms with Gasteiger partial charge in [-0.25, -0.2) is 0 Å². The molecule has 6 heteroatoms. The average Bonchev–Trinajstić information content (AvgIpc) is 3.11. The maximum atomic E-state index is 9.29. The molecule has 0 aliphatic carbocycles. The topological polar surface area (TPSA) is 73.5 Å². The fourth-order valence-corrected chi connectivity index (χ4v) is 3.39. The van der Waals surface area contributed by atoms with E-state index in [4.69, 9.17) is 4.74 Å². The molecule has 0 aromatic carbocycles. The first-order valence-corrected chi connectivity index (χ1v) is 8.28. The number of fused-ring (bicyclic) bond motifs is 1. The lowest BCUT2D eigenvalue weighted by Gasteiger charge is -2.38. The van der Waals surface area contributed by atoms with Crippen LogP contribution in [-0.4, -0.2) is 41.3 Å². The number of piperidine rings is 1. The van der Waals surface area contributed by atoms with Crippen molar-refractivity contribution >= 4 is 6.21 Å². The van der Waals surface area contributed by atoms with Crippen LogP contribution in [-0.2, 0) is 0 Å². The highest BCUT2D eigenvalue weighted by Crippen LogP contribution is 2.30. The Morgan fingerprint density at radius 1 is 1.33 bits per heavy atom. The van der Waals surface area contributed by atoms with Gasteiger partial charge in [0.15, 0.2) is 0 Å². The molecule has 0 saturated carbocycles. The highest BCUT2D eigenvalue weighted by atomic mass is 16.5. The van der Waals surface area contributed by atoms with Crippen molar-refractivity contribution < 1.29 is 4.74 Å². The van der Waals surface area contributed by atoms with E-state index in [0.717, 1.165) is 55.1 Å². The summed E-state index contributed by atoms with van der Waals surface area (Å²) in [5, 5.41) is 12.7. The predicted octanol–water partition coefficient (Wildman–Crippen LogP) is 1.99. The van der Waals surface area contributed by atoms with Crippen molar-refractivity contribution in [1.29, 1.82) is 5.26 Å². The first kappa shape index (κ1) is 14.8. The molecule has 3 aliphatic rings. The summed E-state index contributed by atoms with van der Waals surface area (Å²) in [6, 6.07) is 5.98. The summed E-state index contributed by atoms with van der Waals surface area (Å²) in [5.41, 5.74) is 2.29. The molecule has 0 bridgehead atoms. The van der Waals surface area contributed by atoms with Gasteiger partial charge in [0.1, 0.15) is 23.7 Å². The Morgan fingerprint density at radius 3 is 2.96 bits per heavy atom. The van der Waals surface area contributed by atoms with Crippen LogP contribution in [0.4, 0.5) is 0 Å². The fourth-order valence-electron chi connectivity index (χ4n) is 3.39. The van der Waals surface area contributed by atoms with E-state index in [2.05, 4.69) is 26.3 Å². The summed E-state index contributed by atoms with van der Waals surface area (Å²) in [5.74, 6) is 1.87. The van der Waals surface area contributed by atoms with E-state index in [1.54, 1.807) is 12.4 Å². The summed E-state index contributed by atoms with van der Waals surface area (Å²) in [6.07, 6.45) is 10.1. The summed E-state index contributed by atoms with van der Waals surface area (Å²) in [4.78, 5) is 10.7. The molecular formula is C18H19N5O. The summed E-state index contributed by atoms with van der Waals surface area (Å²) < 4.78 is 6.00. The van der Waals surface area contributed by atoms with Crippen LogP contribution in [0.15, 0.2) is 52.7 Å². The van der Waals surface area contributed by atoms with Crippen LogP contribution in [0, 0.1) is 11.3 Å². The molecule has 6 nitrogen and oxygen atoms in total. The molecule has 3 aliphatic heterocycles. The molecule has 1 atom stereocenters. The van der Waals surface area contributed by atoms with Crippen LogP contribution in [0.1, 0.15) is 19.3 Å². The lowest BCUT2D eigenvalue weighted by Crippen LogP contribution is -2.46. The number of nitrogens with one attached hydrogen (secondary N) is 1. The Bertz CT molecular complexity index is 738. The molecule has 1 aromatic rings. The zero-order chi connectivity index (χ0) is 16.4. The van der Waals surface area contributed by atoms with E-state index in [-0.39, 0.29) is 12.1 Å². The maximum Gasteiger partial charge on any atom is 0.137 e. The minimum Gasteiger partial charge on any atom is -0.489 e. The molecular weight excluding hydrogens is 302 g/mol. The normalized spacial score (nSPS) is 23.4. The summed E-state index contributed by atoms with van der Waals surface area (Å²) in [6.45, 7) is 1.80. The number of aliphatic imine (C=N–C) groups is 1. The van der Waals surface area contributed by atoms with Crippen LogP contribution in [0.3, 0.4) is 0 Å². The number of rotatable bonds is 3. The molecule has 24 heavy (non-hydrogen) atoms. The number of hydrogen-bond acceptors (Lipinski definition) is 6. The number of hydrogen-bond donors (Lipinski definition) is 1. The van der Waals surface area contributed by atoms with Crippen molar-refractivity contribution in [1.82, 2.24) is 15.2 Å². The Labute approximate surface area is 141 Å². The van der Waals surface area contributed by atoms with Crippen molar-refractivity contribution in [3.05, 3.63) is 47.7 Å². The molecule has 1 unspecified atom stereocenters. The predicted molar refractivity (Wildman–Crippen MR) is 90.2 cm³/mol. The van der Waals surface area contributed by atoms with E-state index < -0.39 is 0 Å². The van der Waals surface area contributed by atoms with Gasteiger partial charge in [0, 0.05) is 56.5 Å². The first-order chi connectivity index (χ1) is 11.8. The van der Waals surface area contributed by atoms with Crippen LogP contribution in [0.5, 0.6) is 5.75 Å². The van der Waals surface area contributed by atoms with Crippen LogP contribution < -0.4 is 10.1 Å². The minimum atomic E-state index is -0.180. The number of ether oxygens (including phenoxy) is 1. The second-order valence-electron chi connectivity index (χ2n) is 6.22. The SMILES string of the molecule is N#CC1CC2=CN=CC2=C(N2CCC(Oc3cccnc3)CC2)N1. The largest absolute Gasteiger partial charge is 0.489 e. The van der Waals surface area contributed by atoms with E-state index >= 15 is 0 Å². The Kier molecular flexibility index (Phi) is 3.91. The van der Waals surface area contributed by atoms with Gasteiger partial charge in [-0.3, -0.25) is 9.98 Å². The number of likely N-dealkylation sites (tertiary alicyclic amines) is 1. The van der Waals surface area contributed by atoms with Crippen LogP contribution in [0.25, 0.3) is 0 Å². The lowest BCUT2D eigenvalue weighted by molar-refractivity contribution is 0.112. The van der Waals surface area contributed by atoms with Gasteiger partial charge in [-0.2, -0.15) is 5.26 Å². The standard InChI is InChI=1S/C18H19N5O/c19-9-14-8-13-10-21-12-17(13)18(22-14)23-6-3-15(4-7-23)24-16-2-1-5-20-11-16/h1-2,5,10-12,14-15,22H,3-4,6-8H2. The number of aromatic nitrogens is 1. The third-order valence-electron chi connectivity index (χ3n) is 4.62. The molecule has 0 spiro atoms. The van der Waals surface area contributed by atoms with Gasteiger partial charge in [0.05, 0.1) is 12.3 Å². The van der Waals surface area contributed by atoms with E-state index in [0.29, 0.717) is 0 Å². The number of nitrogens with zero attached hydrogens (tertiary/aromatic N) is 4. The Hall–Kier alpha value is -2.81. The van der Waals surface area contributed by atoms with Gasteiger partial charge in [-0.1, -0.05) is 0 Å². The molecule has 4 heterocycles. The van der Waals surface area contributed by atoms with Gasteiger partial charge in [-0.05, 0) is 17.7 Å². The zero-order valence-corrected chi connectivity index (χ0v) is 13.4. The molecule has 1 N–H and O–H groups in total. The van der Waals surface area contributed by atoms with Crippen molar-refractivity contribution in [2.75, 3.05) is 13.1 Å². The number of pyridine rings is 1.